The number of fused-ring (bicyclic) bond motifs is 1. The van der Waals surface area contributed by atoms with Gasteiger partial charge in [0.15, 0.2) is 5.43 Å². The Morgan fingerprint density at radius 3 is 2.70 bits per heavy atom. The SMILES string of the molecule is Cc1ccc2c(c1)c(=O)c(C)cn2CC1CCCN(C(=O)OC(C)(C)C)C1. The summed E-state index contributed by atoms with van der Waals surface area (Å²) in [5.41, 5.74) is 2.43. The number of aromatic nitrogens is 1. The highest BCUT2D eigenvalue weighted by Gasteiger charge is 2.28. The van der Waals surface area contributed by atoms with Gasteiger partial charge in [0.05, 0.1) is 5.52 Å². The molecule has 0 bridgehead atoms. The molecule has 0 saturated carbocycles. The monoisotopic (exact) mass is 370 g/mol. The molecule has 1 unspecified atom stereocenters. The lowest BCUT2D eigenvalue weighted by Gasteiger charge is -2.34. The fourth-order valence-corrected chi connectivity index (χ4v) is 3.79. The van der Waals surface area contributed by atoms with Crippen LogP contribution < -0.4 is 5.43 Å². The van der Waals surface area contributed by atoms with Crippen LogP contribution in [0.3, 0.4) is 0 Å². The molecule has 0 spiro atoms. The summed E-state index contributed by atoms with van der Waals surface area (Å²) in [7, 11) is 0. The van der Waals surface area contributed by atoms with Crippen molar-refractivity contribution < 1.29 is 9.53 Å². The van der Waals surface area contributed by atoms with Crippen molar-refractivity contribution in [2.45, 2.75) is 59.6 Å². The normalized spacial score (nSPS) is 18.0. The number of carbonyl (C=O) groups is 1. The Balaban J connectivity index is 1.82. The Hall–Kier alpha value is -2.30. The standard InChI is InChI=1S/C22H30N2O3/c1-15-8-9-19-18(11-15)20(25)16(2)12-24(19)14-17-7-6-10-23(13-17)21(26)27-22(3,4)5/h8-9,11-12,17H,6-7,10,13-14H2,1-5H3. The molecular weight excluding hydrogens is 340 g/mol. The van der Waals surface area contributed by atoms with Crippen LogP contribution in [-0.2, 0) is 11.3 Å². The lowest BCUT2D eigenvalue weighted by Crippen LogP contribution is -2.43. The Kier molecular flexibility index (Phi) is 5.31. The molecule has 1 aromatic heterocycles. The second-order valence-corrected chi connectivity index (χ2v) is 8.75. The average Bonchev–Trinajstić information content (AvgIpc) is 2.58. The number of carbonyl (C=O) groups excluding carboxylic acids is 1. The van der Waals surface area contributed by atoms with Gasteiger partial charge < -0.3 is 14.2 Å². The summed E-state index contributed by atoms with van der Waals surface area (Å²) in [6.45, 7) is 11.8. The molecular formula is C22H30N2O3. The van der Waals surface area contributed by atoms with Gasteiger partial charge in [-0.05, 0) is 65.5 Å². The molecule has 3 rings (SSSR count). The van der Waals surface area contributed by atoms with E-state index in [-0.39, 0.29) is 11.5 Å². The number of piperidine rings is 1. The number of rotatable bonds is 2. The average molecular weight is 370 g/mol. The van der Waals surface area contributed by atoms with E-state index in [4.69, 9.17) is 4.74 Å². The van der Waals surface area contributed by atoms with Gasteiger partial charge in [-0.2, -0.15) is 0 Å². The molecule has 1 amide bonds. The minimum absolute atomic E-state index is 0.101. The Morgan fingerprint density at radius 1 is 1.26 bits per heavy atom. The third-order valence-electron chi connectivity index (χ3n) is 5.04. The number of ether oxygens (including phenoxy) is 1. The second-order valence-electron chi connectivity index (χ2n) is 8.75. The number of hydrogen-bond acceptors (Lipinski definition) is 3. The molecule has 1 atom stereocenters. The van der Waals surface area contributed by atoms with Crippen LogP contribution in [0.4, 0.5) is 4.79 Å². The summed E-state index contributed by atoms with van der Waals surface area (Å²) < 4.78 is 7.71. The van der Waals surface area contributed by atoms with Crippen molar-refractivity contribution in [1.82, 2.24) is 9.47 Å². The number of hydrogen-bond donors (Lipinski definition) is 0. The van der Waals surface area contributed by atoms with Crippen LogP contribution in [0.15, 0.2) is 29.2 Å². The van der Waals surface area contributed by atoms with Crippen LogP contribution in [0.25, 0.3) is 10.9 Å². The van der Waals surface area contributed by atoms with Crippen molar-refractivity contribution in [2.75, 3.05) is 13.1 Å². The van der Waals surface area contributed by atoms with E-state index in [1.54, 1.807) is 0 Å². The minimum atomic E-state index is -0.478. The molecule has 1 aliphatic rings. The number of amides is 1. The fourth-order valence-electron chi connectivity index (χ4n) is 3.79. The van der Waals surface area contributed by atoms with Gasteiger partial charge in [0.2, 0.25) is 0 Å². The van der Waals surface area contributed by atoms with Crippen LogP contribution in [0.1, 0.15) is 44.7 Å². The largest absolute Gasteiger partial charge is 0.444 e. The maximum Gasteiger partial charge on any atom is 0.410 e. The summed E-state index contributed by atoms with van der Waals surface area (Å²) in [6, 6.07) is 6.04. The Morgan fingerprint density at radius 2 is 2.00 bits per heavy atom. The molecule has 2 heterocycles. The number of likely N-dealkylation sites (tertiary alicyclic amines) is 1. The number of aryl methyl sites for hydroxylation is 2. The molecule has 1 aliphatic heterocycles. The first kappa shape index (κ1) is 19.5. The molecule has 27 heavy (non-hydrogen) atoms. The number of benzene rings is 1. The van der Waals surface area contributed by atoms with Gasteiger partial charge in [0, 0.05) is 36.8 Å². The van der Waals surface area contributed by atoms with Gasteiger partial charge in [-0.3, -0.25) is 4.79 Å². The zero-order valence-corrected chi connectivity index (χ0v) is 17.0. The van der Waals surface area contributed by atoms with Gasteiger partial charge >= 0.3 is 6.09 Å². The summed E-state index contributed by atoms with van der Waals surface area (Å²) in [4.78, 5) is 26.8. The van der Waals surface area contributed by atoms with Crippen molar-refractivity contribution in [3.63, 3.8) is 0 Å². The van der Waals surface area contributed by atoms with E-state index in [1.165, 1.54) is 0 Å². The van der Waals surface area contributed by atoms with Gasteiger partial charge in [0.25, 0.3) is 0 Å². The topological polar surface area (TPSA) is 51.5 Å². The highest BCUT2D eigenvalue weighted by molar-refractivity contribution is 5.80. The van der Waals surface area contributed by atoms with Crippen LogP contribution >= 0.6 is 0 Å². The zero-order chi connectivity index (χ0) is 19.8. The molecule has 146 valence electrons. The molecule has 0 N–H and O–H groups in total. The van der Waals surface area contributed by atoms with E-state index in [0.717, 1.165) is 48.0 Å². The van der Waals surface area contributed by atoms with E-state index < -0.39 is 5.60 Å². The van der Waals surface area contributed by atoms with E-state index in [9.17, 15) is 9.59 Å². The van der Waals surface area contributed by atoms with E-state index in [0.29, 0.717) is 12.5 Å². The highest BCUT2D eigenvalue weighted by Crippen LogP contribution is 2.23. The summed E-state index contributed by atoms with van der Waals surface area (Å²) >= 11 is 0. The van der Waals surface area contributed by atoms with Crippen LogP contribution in [0.2, 0.25) is 0 Å². The smallest absolute Gasteiger partial charge is 0.410 e. The second kappa shape index (κ2) is 7.37. The van der Waals surface area contributed by atoms with Crippen molar-refractivity contribution in [2.24, 2.45) is 5.92 Å². The summed E-state index contributed by atoms with van der Waals surface area (Å²) in [6.07, 6.45) is 3.76. The molecule has 1 aromatic carbocycles. The predicted octanol–water partition coefficient (Wildman–Crippen LogP) is 4.27. The first-order valence-corrected chi connectivity index (χ1v) is 9.72. The zero-order valence-electron chi connectivity index (χ0n) is 17.0. The summed E-state index contributed by atoms with van der Waals surface area (Å²) in [5, 5.41) is 0.773. The minimum Gasteiger partial charge on any atom is -0.444 e. The van der Waals surface area contributed by atoms with E-state index in [2.05, 4.69) is 4.57 Å². The van der Waals surface area contributed by atoms with Gasteiger partial charge in [-0.25, -0.2) is 4.79 Å². The quantitative estimate of drug-likeness (QED) is 0.793. The lowest BCUT2D eigenvalue weighted by atomic mass is 9.97. The predicted molar refractivity (Wildman–Crippen MR) is 108 cm³/mol. The van der Waals surface area contributed by atoms with Crippen molar-refractivity contribution >= 4 is 17.0 Å². The molecule has 2 aromatic rings. The third kappa shape index (κ3) is 4.52. The van der Waals surface area contributed by atoms with E-state index in [1.807, 2.05) is 63.9 Å². The molecule has 5 nitrogen and oxygen atoms in total. The Labute approximate surface area is 160 Å². The first-order valence-electron chi connectivity index (χ1n) is 9.72. The molecule has 1 fully saturated rings. The van der Waals surface area contributed by atoms with Crippen LogP contribution in [-0.4, -0.2) is 34.3 Å². The van der Waals surface area contributed by atoms with Crippen LogP contribution in [0.5, 0.6) is 0 Å². The van der Waals surface area contributed by atoms with Crippen LogP contribution in [0, 0.1) is 19.8 Å². The lowest BCUT2D eigenvalue weighted by molar-refractivity contribution is 0.0157. The van der Waals surface area contributed by atoms with Gasteiger partial charge in [0.1, 0.15) is 5.60 Å². The first-order chi connectivity index (χ1) is 12.6. The van der Waals surface area contributed by atoms with Crippen molar-refractivity contribution in [3.8, 4) is 0 Å². The summed E-state index contributed by atoms with van der Waals surface area (Å²) in [5.74, 6) is 0.345. The molecule has 1 saturated heterocycles. The number of nitrogens with zero attached hydrogens (tertiary/aromatic N) is 2. The Bertz CT molecular complexity index is 908. The fraction of sp³-hybridized carbons (Fsp3) is 0.545. The van der Waals surface area contributed by atoms with Crippen molar-refractivity contribution in [3.05, 3.63) is 45.7 Å². The van der Waals surface area contributed by atoms with E-state index >= 15 is 0 Å². The third-order valence-corrected chi connectivity index (χ3v) is 5.04. The van der Waals surface area contributed by atoms with Gasteiger partial charge in [-0.1, -0.05) is 11.6 Å². The van der Waals surface area contributed by atoms with Crippen molar-refractivity contribution in [1.29, 1.82) is 0 Å². The number of pyridine rings is 1. The molecule has 0 radical (unpaired) electrons. The maximum absolute atomic E-state index is 12.5. The molecule has 5 heteroatoms. The highest BCUT2D eigenvalue weighted by atomic mass is 16.6. The molecule has 0 aliphatic carbocycles. The van der Waals surface area contributed by atoms with Gasteiger partial charge in [-0.15, -0.1) is 0 Å². The maximum atomic E-state index is 12.5.